The predicted molar refractivity (Wildman–Crippen MR) is 49.0 cm³/mol. The molecule has 1 aliphatic heterocycles. The van der Waals surface area contributed by atoms with Crippen LogP contribution in [0, 0.1) is 0 Å². The van der Waals surface area contributed by atoms with E-state index in [1.165, 1.54) is 11.3 Å². The van der Waals surface area contributed by atoms with Crippen LogP contribution in [-0.2, 0) is 16.0 Å². The van der Waals surface area contributed by atoms with Crippen molar-refractivity contribution >= 4 is 17.3 Å². The monoisotopic (exact) mass is 235 g/mol. The summed E-state index contributed by atoms with van der Waals surface area (Å²) < 4.78 is 5.24. The average molecular weight is 235 g/mol. The molecule has 6 heteroatoms. The van der Waals surface area contributed by atoms with Crippen molar-refractivity contribution in [2.24, 2.45) is 0 Å². The minimum Gasteiger partial charge on any atom is -0.550 e. The molecule has 0 saturated carbocycles. The molecule has 1 aliphatic rings. The molecule has 0 spiro atoms. The number of ether oxygens (including phenoxy) is 1. The number of aliphatic carboxylic acids is 1. The quantitative estimate of drug-likeness (QED) is 0.522. The molecule has 1 aromatic rings. The Kier molecular flexibility index (Phi) is 5.22. The van der Waals surface area contributed by atoms with Gasteiger partial charge in [-0.05, 0) is 6.42 Å². The second kappa shape index (κ2) is 5.96. The summed E-state index contributed by atoms with van der Waals surface area (Å²) in [6, 6.07) is 0. The minimum atomic E-state index is -1.08. The van der Waals surface area contributed by atoms with Crippen LogP contribution in [0.4, 0.5) is 0 Å². The number of aromatic nitrogens is 1. The first-order valence-electron chi connectivity index (χ1n) is 4.47. The van der Waals surface area contributed by atoms with Gasteiger partial charge in [-0.1, -0.05) is 0 Å². The number of carboxylic acid groups (broad SMARTS) is 1. The number of carboxylic acids is 1. The third-order valence-electron chi connectivity index (χ3n) is 2.17. The Labute approximate surface area is 114 Å². The summed E-state index contributed by atoms with van der Waals surface area (Å²) >= 11 is 1.51. The van der Waals surface area contributed by atoms with Crippen molar-refractivity contribution in [3.63, 3.8) is 0 Å². The Morgan fingerprint density at radius 1 is 1.73 bits per heavy atom. The van der Waals surface area contributed by atoms with E-state index in [0.717, 1.165) is 18.0 Å². The van der Waals surface area contributed by atoms with Gasteiger partial charge in [-0.15, -0.1) is 11.3 Å². The molecule has 2 heterocycles. The van der Waals surface area contributed by atoms with E-state index in [1.807, 2.05) is 0 Å². The molecule has 76 valence electrons. The zero-order chi connectivity index (χ0) is 9.97. The van der Waals surface area contributed by atoms with Gasteiger partial charge < -0.3 is 14.6 Å². The summed E-state index contributed by atoms with van der Waals surface area (Å²) in [5.41, 5.74) is 0.594. The summed E-state index contributed by atoms with van der Waals surface area (Å²) in [5.74, 6) is -0.722. The standard InChI is InChI=1S/C9H11NO3S.Na/c11-8(12)3-7-5-14-9(10-7)6-1-2-13-4-6;/h5-6H,1-4H2,(H,11,12);/q;+1/p-1. The molecule has 15 heavy (non-hydrogen) atoms. The fourth-order valence-electron chi connectivity index (χ4n) is 1.47. The van der Waals surface area contributed by atoms with E-state index in [0.29, 0.717) is 18.2 Å². The molecule has 1 unspecified atom stereocenters. The maximum atomic E-state index is 10.3. The van der Waals surface area contributed by atoms with Gasteiger partial charge in [0.2, 0.25) is 0 Å². The molecule has 1 saturated heterocycles. The molecule has 0 radical (unpaired) electrons. The van der Waals surface area contributed by atoms with Crippen molar-refractivity contribution < 1.29 is 44.2 Å². The second-order valence-corrected chi connectivity index (χ2v) is 4.18. The third-order valence-corrected chi connectivity index (χ3v) is 3.23. The average Bonchev–Trinajstić information content (AvgIpc) is 2.69. The minimum absolute atomic E-state index is 0. The van der Waals surface area contributed by atoms with Crippen LogP contribution < -0.4 is 34.7 Å². The molecular weight excluding hydrogens is 225 g/mol. The molecule has 4 nitrogen and oxygen atoms in total. The molecule has 0 aromatic carbocycles. The summed E-state index contributed by atoms with van der Waals surface area (Å²) in [6.07, 6.45) is 0.891. The summed E-state index contributed by atoms with van der Waals surface area (Å²) in [5, 5.41) is 13.1. The molecule has 0 bridgehead atoms. The van der Waals surface area contributed by atoms with E-state index in [1.54, 1.807) is 5.38 Å². The van der Waals surface area contributed by atoms with Crippen LogP contribution in [0.15, 0.2) is 5.38 Å². The first kappa shape index (κ1) is 13.1. The van der Waals surface area contributed by atoms with Gasteiger partial charge in [0.15, 0.2) is 0 Å². The predicted octanol–water partition coefficient (Wildman–Crippen LogP) is -3.06. The number of nitrogens with zero attached hydrogens (tertiary/aromatic N) is 1. The van der Waals surface area contributed by atoms with Crippen LogP contribution in [0.5, 0.6) is 0 Å². The first-order chi connectivity index (χ1) is 6.75. The van der Waals surface area contributed by atoms with Gasteiger partial charge in [-0.25, -0.2) is 4.98 Å². The Hall–Kier alpha value is 0.0600. The molecule has 1 aromatic heterocycles. The number of hydrogen-bond acceptors (Lipinski definition) is 5. The summed E-state index contributed by atoms with van der Waals surface area (Å²) in [7, 11) is 0. The van der Waals surface area contributed by atoms with Gasteiger partial charge in [0.05, 0.1) is 17.3 Å². The fourth-order valence-corrected chi connectivity index (χ4v) is 2.41. The number of hydrogen-bond donors (Lipinski definition) is 0. The molecular formula is C9H10NNaO3S. The summed E-state index contributed by atoms with van der Waals surface area (Å²) in [6.45, 7) is 1.48. The molecule has 1 atom stereocenters. The zero-order valence-corrected chi connectivity index (χ0v) is 11.4. The molecule has 0 amide bonds. The van der Waals surface area contributed by atoms with Gasteiger partial charge in [-0.3, -0.25) is 0 Å². The smallest absolute Gasteiger partial charge is 0.550 e. The maximum absolute atomic E-state index is 10.3. The number of thiazole rings is 1. The Balaban J connectivity index is 0.00000112. The first-order valence-corrected chi connectivity index (χ1v) is 5.35. The van der Waals surface area contributed by atoms with E-state index in [-0.39, 0.29) is 36.0 Å². The van der Waals surface area contributed by atoms with Crippen molar-refractivity contribution in [2.75, 3.05) is 13.2 Å². The van der Waals surface area contributed by atoms with Crippen LogP contribution in [-0.4, -0.2) is 24.2 Å². The van der Waals surface area contributed by atoms with Gasteiger partial charge in [0.25, 0.3) is 0 Å². The van der Waals surface area contributed by atoms with E-state index in [2.05, 4.69) is 4.98 Å². The SMILES string of the molecule is O=C([O-])Cc1csc(C2CCOC2)n1.[Na+]. The van der Waals surface area contributed by atoms with Crippen LogP contribution in [0.25, 0.3) is 0 Å². The Morgan fingerprint density at radius 3 is 3.13 bits per heavy atom. The van der Waals surface area contributed by atoms with Crippen molar-refractivity contribution in [3.8, 4) is 0 Å². The van der Waals surface area contributed by atoms with E-state index < -0.39 is 5.97 Å². The second-order valence-electron chi connectivity index (χ2n) is 3.29. The fraction of sp³-hybridized carbons (Fsp3) is 0.556. The van der Waals surface area contributed by atoms with Crippen LogP contribution >= 0.6 is 11.3 Å². The van der Waals surface area contributed by atoms with Crippen molar-refractivity contribution in [1.29, 1.82) is 0 Å². The number of carbonyl (C=O) groups excluding carboxylic acids is 1. The van der Waals surface area contributed by atoms with Crippen molar-refractivity contribution in [3.05, 3.63) is 16.1 Å². The largest absolute Gasteiger partial charge is 1.00 e. The van der Waals surface area contributed by atoms with Crippen LogP contribution in [0.2, 0.25) is 0 Å². The number of rotatable bonds is 3. The normalized spacial score (nSPS) is 19.9. The van der Waals surface area contributed by atoms with Gasteiger partial charge in [-0.2, -0.15) is 0 Å². The molecule has 0 N–H and O–H groups in total. The molecule has 0 aliphatic carbocycles. The van der Waals surface area contributed by atoms with Gasteiger partial charge >= 0.3 is 29.6 Å². The third kappa shape index (κ3) is 3.53. The van der Waals surface area contributed by atoms with E-state index >= 15 is 0 Å². The Bertz CT molecular complexity index is 336. The topological polar surface area (TPSA) is 62.2 Å². The van der Waals surface area contributed by atoms with Gasteiger partial charge in [0.1, 0.15) is 0 Å². The van der Waals surface area contributed by atoms with Crippen LogP contribution in [0.3, 0.4) is 0 Å². The van der Waals surface area contributed by atoms with Crippen molar-refractivity contribution in [2.45, 2.75) is 18.8 Å². The summed E-state index contributed by atoms with van der Waals surface area (Å²) in [4.78, 5) is 14.6. The maximum Gasteiger partial charge on any atom is 1.00 e. The Morgan fingerprint density at radius 2 is 2.53 bits per heavy atom. The van der Waals surface area contributed by atoms with Crippen LogP contribution in [0.1, 0.15) is 23.0 Å². The molecule has 2 rings (SSSR count). The van der Waals surface area contributed by atoms with E-state index in [4.69, 9.17) is 4.74 Å². The molecule has 1 fully saturated rings. The number of carbonyl (C=O) groups is 1. The van der Waals surface area contributed by atoms with Gasteiger partial charge in [0, 0.05) is 30.3 Å². The van der Waals surface area contributed by atoms with E-state index in [9.17, 15) is 9.90 Å². The zero-order valence-electron chi connectivity index (χ0n) is 8.56. The van der Waals surface area contributed by atoms with Crippen molar-refractivity contribution in [1.82, 2.24) is 4.98 Å².